The first-order valence-corrected chi connectivity index (χ1v) is 6.56. The maximum Gasteiger partial charge on any atom is 0.338 e. The van der Waals surface area contributed by atoms with Crippen molar-refractivity contribution in [1.82, 2.24) is 9.80 Å². The summed E-state index contributed by atoms with van der Waals surface area (Å²) in [7, 11) is 4.09. The first-order chi connectivity index (χ1) is 8.88. The number of furan rings is 1. The molecule has 0 saturated heterocycles. The normalized spacial score (nSPS) is 11.7. The summed E-state index contributed by atoms with van der Waals surface area (Å²) in [5.74, 6) is 0.326. The highest BCUT2D eigenvalue weighted by atomic mass is 16.4. The molecular weight excluding hydrogens is 244 g/mol. The van der Waals surface area contributed by atoms with Gasteiger partial charge in [-0.25, -0.2) is 4.79 Å². The van der Waals surface area contributed by atoms with Gasteiger partial charge in [0.05, 0.1) is 12.1 Å². The van der Waals surface area contributed by atoms with Gasteiger partial charge in [0.2, 0.25) is 0 Å². The fourth-order valence-corrected chi connectivity index (χ4v) is 1.89. The molecule has 19 heavy (non-hydrogen) atoms. The summed E-state index contributed by atoms with van der Waals surface area (Å²) in [6.45, 7) is 7.88. The molecule has 0 radical (unpaired) electrons. The van der Waals surface area contributed by atoms with E-state index >= 15 is 0 Å². The van der Waals surface area contributed by atoms with E-state index in [0.717, 1.165) is 19.6 Å². The van der Waals surface area contributed by atoms with E-state index in [1.54, 1.807) is 6.07 Å². The molecule has 1 aromatic heterocycles. The van der Waals surface area contributed by atoms with E-state index in [2.05, 4.69) is 23.6 Å². The van der Waals surface area contributed by atoms with Gasteiger partial charge in [-0.05, 0) is 26.1 Å². The van der Waals surface area contributed by atoms with Crippen molar-refractivity contribution in [3.63, 3.8) is 0 Å². The van der Waals surface area contributed by atoms with Crippen molar-refractivity contribution in [2.24, 2.45) is 5.92 Å². The Balaban J connectivity index is 2.61. The van der Waals surface area contributed by atoms with Crippen molar-refractivity contribution in [3.05, 3.63) is 23.7 Å². The van der Waals surface area contributed by atoms with Crippen molar-refractivity contribution in [2.45, 2.75) is 20.4 Å². The van der Waals surface area contributed by atoms with E-state index in [9.17, 15) is 4.79 Å². The van der Waals surface area contributed by atoms with Crippen LogP contribution in [-0.4, -0.2) is 54.6 Å². The third-order valence-electron chi connectivity index (χ3n) is 2.77. The van der Waals surface area contributed by atoms with Gasteiger partial charge in [-0.15, -0.1) is 0 Å². The fourth-order valence-electron chi connectivity index (χ4n) is 1.89. The Hall–Kier alpha value is -1.33. The van der Waals surface area contributed by atoms with E-state index in [1.165, 1.54) is 6.26 Å². The molecule has 0 atom stereocenters. The van der Waals surface area contributed by atoms with Crippen LogP contribution in [0, 0.1) is 5.92 Å². The van der Waals surface area contributed by atoms with E-state index in [4.69, 9.17) is 9.52 Å². The second kappa shape index (κ2) is 7.31. The number of hydrogen-bond acceptors (Lipinski definition) is 4. The van der Waals surface area contributed by atoms with Crippen molar-refractivity contribution < 1.29 is 14.3 Å². The highest BCUT2D eigenvalue weighted by Crippen LogP contribution is 2.12. The van der Waals surface area contributed by atoms with E-state index in [0.29, 0.717) is 18.2 Å². The Bertz CT molecular complexity index is 399. The summed E-state index contributed by atoms with van der Waals surface area (Å²) in [5.41, 5.74) is 0.215. The highest BCUT2D eigenvalue weighted by molar-refractivity contribution is 5.87. The molecule has 0 fully saturated rings. The lowest BCUT2D eigenvalue weighted by atomic mass is 10.2. The molecule has 5 nitrogen and oxygen atoms in total. The third-order valence-corrected chi connectivity index (χ3v) is 2.77. The molecule has 0 saturated carbocycles. The zero-order chi connectivity index (χ0) is 14.4. The van der Waals surface area contributed by atoms with Crippen molar-refractivity contribution >= 4 is 5.97 Å². The molecule has 108 valence electrons. The number of aromatic carboxylic acids is 1. The average molecular weight is 268 g/mol. The first kappa shape index (κ1) is 15.7. The van der Waals surface area contributed by atoms with Crippen LogP contribution < -0.4 is 0 Å². The summed E-state index contributed by atoms with van der Waals surface area (Å²) in [6, 6.07) is 1.60. The zero-order valence-electron chi connectivity index (χ0n) is 12.2. The molecule has 0 aliphatic rings. The molecule has 1 heterocycles. The minimum atomic E-state index is -0.946. The van der Waals surface area contributed by atoms with Crippen LogP contribution in [0.5, 0.6) is 0 Å². The van der Waals surface area contributed by atoms with E-state index in [1.807, 2.05) is 14.1 Å². The first-order valence-electron chi connectivity index (χ1n) is 6.56. The molecular formula is C14H24N2O3. The predicted molar refractivity (Wildman–Crippen MR) is 74.3 cm³/mol. The molecule has 0 amide bonds. The second-order valence-corrected chi connectivity index (χ2v) is 5.54. The molecule has 1 N–H and O–H groups in total. The lowest BCUT2D eigenvalue weighted by molar-refractivity contribution is 0.0696. The Labute approximate surface area is 114 Å². The summed E-state index contributed by atoms with van der Waals surface area (Å²) in [4.78, 5) is 15.2. The number of nitrogens with zero attached hydrogens (tertiary/aromatic N) is 2. The standard InChI is InChI=1S/C14H24N2O3/c1-11(2)8-16(6-5-15(3)4)9-13-7-12(10-19-13)14(17)18/h7,10-11H,5-6,8-9H2,1-4H3,(H,17,18). The predicted octanol–water partition coefficient (Wildman–Crippen LogP) is 2.00. The molecule has 0 aliphatic heterocycles. The van der Waals surface area contributed by atoms with Gasteiger partial charge in [0.25, 0.3) is 0 Å². The van der Waals surface area contributed by atoms with Gasteiger partial charge in [-0.2, -0.15) is 0 Å². The van der Waals surface area contributed by atoms with Gasteiger partial charge < -0.3 is 14.4 Å². The van der Waals surface area contributed by atoms with Gasteiger partial charge in [0.15, 0.2) is 0 Å². The number of carboxylic acids is 1. The summed E-state index contributed by atoms with van der Waals surface area (Å²) < 4.78 is 5.31. The Morgan fingerprint density at radius 3 is 2.53 bits per heavy atom. The number of carboxylic acid groups (broad SMARTS) is 1. The Morgan fingerprint density at radius 2 is 2.05 bits per heavy atom. The summed E-state index contributed by atoms with van der Waals surface area (Å²) in [5, 5.41) is 8.87. The van der Waals surface area contributed by atoms with E-state index < -0.39 is 5.97 Å². The van der Waals surface area contributed by atoms with Crippen LogP contribution in [0.25, 0.3) is 0 Å². The molecule has 5 heteroatoms. The number of hydrogen-bond donors (Lipinski definition) is 1. The van der Waals surface area contributed by atoms with Crippen LogP contribution in [0.2, 0.25) is 0 Å². The molecule has 0 aliphatic carbocycles. The van der Waals surface area contributed by atoms with Gasteiger partial charge in [0.1, 0.15) is 12.0 Å². The van der Waals surface area contributed by atoms with Gasteiger partial charge in [-0.3, -0.25) is 4.90 Å². The minimum absolute atomic E-state index is 0.215. The lowest BCUT2D eigenvalue weighted by Crippen LogP contribution is -2.33. The molecule has 1 rings (SSSR count). The van der Waals surface area contributed by atoms with Crippen molar-refractivity contribution in [2.75, 3.05) is 33.7 Å². The largest absolute Gasteiger partial charge is 0.478 e. The Morgan fingerprint density at radius 1 is 1.37 bits per heavy atom. The molecule has 0 unspecified atom stereocenters. The maximum absolute atomic E-state index is 10.8. The van der Waals surface area contributed by atoms with Crippen LogP contribution in [0.1, 0.15) is 30.0 Å². The van der Waals surface area contributed by atoms with Crippen LogP contribution in [-0.2, 0) is 6.54 Å². The third kappa shape index (κ3) is 5.89. The minimum Gasteiger partial charge on any atom is -0.478 e. The van der Waals surface area contributed by atoms with Crippen LogP contribution in [0.3, 0.4) is 0 Å². The zero-order valence-corrected chi connectivity index (χ0v) is 12.2. The van der Waals surface area contributed by atoms with Crippen LogP contribution in [0.4, 0.5) is 0 Å². The quantitative estimate of drug-likeness (QED) is 0.781. The molecule has 0 spiro atoms. The van der Waals surface area contributed by atoms with E-state index in [-0.39, 0.29) is 5.56 Å². The van der Waals surface area contributed by atoms with Gasteiger partial charge in [0, 0.05) is 19.6 Å². The monoisotopic (exact) mass is 268 g/mol. The Kier molecular flexibility index (Phi) is 6.05. The lowest BCUT2D eigenvalue weighted by Gasteiger charge is -2.24. The highest BCUT2D eigenvalue weighted by Gasteiger charge is 2.13. The summed E-state index contributed by atoms with van der Waals surface area (Å²) in [6.07, 6.45) is 1.30. The summed E-state index contributed by atoms with van der Waals surface area (Å²) >= 11 is 0. The fraction of sp³-hybridized carbons (Fsp3) is 0.643. The second-order valence-electron chi connectivity index (χ2n) is 5.54. The van der Waals surface area contributed by atoms with Crippen LogP contribution >= 0.6 is 0 Å². The topological polar surface area (TPSA) is 56.9 Å². The number of likely N-dealkylation sites (N-methyl/N-ethyl adjacent to an activating group) is 1. The molecule has 1 aromatic rings. The van der Waals surface area contributed by atoms with Gasteiger partial charge in [-0.1, -0.05) is 13.8 Å². The van der Waals surface area contributed by atoms with Crippen molar-refractivity contribution in [3.8, 4) is 0 Å². The maximum atomic E-state index is 10.8. The molecule has 0 bridgehead atoms. The number of rotatable bonds is 8. The van der Waals surface area contributed by atoms with Gasteiger partial charge >= 0.3 is 5.97 Å². The molecule has 0 aromatic carbocycles. The number of carbonyl (C=O) groups is 1. The average Bonchev–Trinajstić information content (AvgIpc) is 2.73. The smallest absolute Gasteiger partial charge is 0.338 e. The van der Waals surface area contributed by atoms with Crippen LogP contribution in [0.15, 0.2) is 16.7 Å². The SMILES string of the molecule is CC(C)CN(CCN(C)C)Cc1cc(C(=O)O)co1. The van der Waals surface area contributed by atoms with Crippen molar-refractivity contribution in [1.29, 1.82) is 0 Å².